The van der Waals surface area contributed by atoms with Crippen LogP contribution in [0.4, 0.5) is 27.6 Å². The van der Waals surface area contributed by atoms with Gasteiger partial charge in [-0.3, -0.25) is 9.59 Å². The number of benzene rings is 1. The summed E-state index contributed by atoms with van der Waals surface area (Å²) in [6.45, 7) is 0.730. The number of hydrogen-bond donors (Lipinski definition) is 2. The first kappa shape index (κ1) is 24.2. The van der Waals surface area contributed by atoms with E-state index in [-0.39, 0.29) is 16.0 Å². The van der Waals surface area contributed by atoms with Crippen molar-refractivity contribution >= 4 is 17.5 Å². The van der Waals surface area contributed by atoms with Crippen LogP contribution >= 0.6 is 0 Å². The predicted octanol–water partition coefficient (Wildman–Crippen LogP) is 2.54. The molecule has 2 heterocycles. The highest BCUT2D eigenvalue weighted by Crippen LogP contribution is 2.51. The number of nitrogens with zero attached hydrogens (tertiary/aromatic N) is 1. The van der Waals surface area contributed by atoms with Crippen molar-refractivity contribution in [1.29, 1.82) is 0 Å². The lowest BCUT2D eigenvalue weighted by Gasteiger charge is -2.27. The third-order valence-corrected chi connectivity index (χ3v) is 5.34. The first-order chi connectivity index (χ1) is 15.3. The van der Waals surface area contributed by atoms with Crippen molar-refractivity contribution in [1.82, 2.24) is 0 Å². The van der Waals surface area contributed by atoms with E-state index in [1.807, 2.05) is 0 Å². The van der Waals surface area contributed by atoms with Gasteiger partial charge in [0.25, 0.3) is 11.6 Å². The van der Waals surface area contributed by atoms with Crippen molar-refractivity contribution in [2.24, 2.45) is 5.73 Å². The molecule has 1 aromatic heterocycles. The number of carbonyl (C=O) groups is 2. The number of anilines is 1. The highest BCUT2D eigenvalue weighted by molar-refractivity contribution is 5.97. The largest absolute Gasteiger partial charge is 0.618 e. The molecule has 0 spiro atoms. The topological polar surface area (TPSA) is 118 Å². The van der Waals surface area contributed by atoms with E-state index in [1.165, 1.54) is 0 Å². The van der Waals surface area contributed by atoms with Gasteiger partial charge in [-0.2, -0.15) is 22.3 Å². The molecule has 1 fully saturated rings. The zero-order chi connectivity index (χ0) is 24.7. The van der Waals surface area contributed by atoms with Crippen LogP contribution in [0.3, 0.4) is 0 Å². The molecule has 3 rings (SSSR count). The van der Waals surface area contributed by atoms with Crippen molar-refractivity contribution in [3.8, 4) is 5.75 Å². The van der Waals surface area contributed by atoms with E-state index in [2.05, 4.69) is 5.32 Å². The number of nitrogens with one attached hydrogen (secondary N) is 1. The zero-order valence-electron chi connectivity index (χ0n) is 17.2. The number of pyridine rings is 1. The van der Waals surface area contributed by atoms with Gasteiger partial charge in [-0.25, -0.2) is 4.39 Å². The zero-order valence-corrected chi connectivity index (χ0v) is 17.2. The molecule has 0 saturated carbocycles. The first-order valence-electron chi connectivity index (χ1n) is 9.39. The van der Waals surface area contributed by atoms with E-state index in [4.69, 9.17) is 15.2 Å². The van der Waals surface area contributed by atoms with Gasteiger partial charge in [0.2, 0.25) is 5.82 Å². The highest BCUT2D eigenvalue weighted by Gasteiger charge is 2.61. The molecule has 8 nitrogen and oxygen atoms in total. The number of hydrogen-bond acceptors (Lipinski definition) is 5. The van der Waals surface area contributed by atoms with Crippen LogP contribution in [0.5, 0.6) is 5.75 Å². The second-order valence-corrected chi connectivity index (χ2v) is 7.54. The predicted molar refractivity (Wildman–Crippen MR) is 102 cm³/mol. The smallest absolute Gasteiger partial charge is 0.417 e. The van der Waals surface area contributed by atoms with E-state index in [0.717, 1.165) is 38.4 Å². The van der Waals surface area contributed by atoms with E-state index >= 15 is 0 Å². The Morgan fingerprint density at radius 2 is 1.97 bits per heavy atom. The molecule has 1 aliphatic rings. The van der Waals surface area contributed by atoms with E-state index in [9.17, 15) is 36.7 Å². The lowest BCUT2D eigenvalue weighted by Crippen LogP contribution is -2.43. The van der Waals surface area contributed by atoms with Crippen molar-refractivity contribution in [3.63, 3.8) is 0 Å². The van der Waals surface area contributed by atoms with Gasteiger partial charge < -0.3 is 25.7 Å². The second-order valence-electron chi connectivity index (χ2n) is 7.54. The number of ether oxygens (including phenoxy) is 2. The molecule has 1 aromatic carbocycles. The molecule has 0 aliphatic carbocycles. The minimum absolute atomic E-state index is 0.124. The van der Waals surface area contributed by atoms with Gasteiger partial charge in [0, 0.05) is 23.6 Å². The standard InChI is InChI=1S/C20H18F5N3O5/c1-19(20(23,24)25)8-11(10-3-4-12(21)14(22)15(10)32-2)16(33-19)18(30)27-9-5-6-28(31)13(7-9)17(26)29/h3-7,11,16H,8H2,1-2H3,(H2,26,29)(H,27,30)/t11-,16-,19-/m0/s1. The van der Waals surface area contributed by atoms with E-state index in [0.29, 0.717) is 6.07 Å². The fraction of sp³-hybridized carbons (Fsp3) is 0.350. The SMILES string of the molecule is COc1c([C@@H]2C[C@@](C)(C(F)(F)F)O[C@@H]2C(=O)Nc2cc[n+]([O-])c(C(N)=O)c2)ccc(F)c1F. The number of halogens is 5. The first-order valence-corrected chi connectivity index (χ1v) is 9.39. The van der Waals surface area contributed by atoms with Crippen molar-refractivity contribution < 1.29 is 45.7 Å². The summed E-state index contributed by atoms with van der Waals surface area (Å²) in [6, 6.07) is 3.73. The molecule has 2 amide bonds. The van der Waals surface area contributed by atoms with E-state index in [1.54, 1.807) is 0 Å². The second kappa shape index (κ2) is 8.46. The third kappa shape index (κ3) is 4.40. The lowest BCUT2D eigenvalue weighted by atomic mass is 9.85. The Kier molecular flexibility index (Phi) is 6.20. The maximum atomic E-state index is 14.2. The summed E-state index contributed by atoms with van der Waals surface area (Å²) in [5.41, 5.74) is 1.43. The molecular weight excluding hydrogens is 457 g/mol. The molecule has 0 radical (unpaired) electrons. The monoisotopic (exact) mass is 475 g/mol. The molecule has 0 unspecified atom stereocenters. The summed E-state index contributed by atoms with van der Waals surface area (Å²) in [4.78, 5) is 24.3. The molecule has 178 valence electrons. The maximum Gasteiger partial charge on any atom is 0.417 e. The Morgan fingerprint density at radius 1 is 1.30 bits per heavy atom. The van der Waals surface area contributed by atoms with Crippen LogP contribution in [0.25, 0.3) is 0 Å². The Morgan fingerprint density at radius 3 is 2.55 bits per heavy atom. The van der Waals surface area contributed by atoms with Crippen LogP contribution in [0.15, 0.2) is 30.5 Å². The quantitative estimate of drug-likeness (QED) is 0.392. The average Bonchev–Trinajstić information content (AvgIpc) is 3.10. The molecular formula is C20H18F5N3O5. The van der Waals surface area contributed by atoms with Crippen LogP contribution < -0.4 is 20.5 Å². The molecule has 1 aliphatic heterocycles. The third-order valence-electron chi connectivity index (χ3n) is 5.34. The number of primary amides is 1. The fourth-order valence-electron chi connectivity index (χ4n) is 3.63. The Bertz CT molecular complexity index is 1110. The molecule has 13 heteroatoms. The molecule has 0 bridgehead atoms. The van der Waals surface area contributed by atoms with Gasteiger partial charge in [0.05, 0.1) is 12.8 Å². The molecule has 3 N–H and O–H groups in total. The normalized spacial score (nSPS) is 22.8. The summed E-state index contributed by atoms with van der Waals surface area (Å²) in [7, 11) is 1.00. The van der Waals surface area contributed by atoms with Crippen LogP contribution in [0.1, 0.15) is 35.3 Å². The molecule has 33 heavy (non-hydrogen) atoms. The Labute approximate surface area is 183 Å². The van der Waals surface area contributed by atoms with Crippen LogP contribution in [0.2, 0.25) is 0 Å². The molecule has 2 aromatic rings. The Hall–Kier alpha value is -3.48. The van der Waals surface area contributed by atoms with Crippen molar-refractivity contribution in [2.75, 3.05) is 12.4 Å². The fourth-order valence-corrected chi connectivity index (χ4v) is 3.63. The van der Waals surface area contributed by atoms with Crippen LogP contribution in [0, 0.1) is 16.8 Å². The average molecular weight is 475 g/mol. The summed E-state index contributed by atoms with van der Waals surface area (Å²) < 4.78 is 79.1. The van der Waals surface area contributed by atoms with Crippen molar-refractivity contribution in [2.45, 2.75) is 37.1 Å². The lowest BCUT2D eigenvalue weighted by molar-refractivity contribution is -0.607. The van der Waals surface area contributed by atoms with Gasteiger partial charge in [0.15, 0.2) is 23.4 Å². The van der Waals surface area contributed by atoms with Gasteiger partial charge in [-0.1, -0.05) is 6.07 Å². The van der Waals surface area contributed by atoms with Gasteiger partial charge >= 0.3 is 12.1 Å². The van der Waals surface area contributed by atoms with Gasteiger partial charge in [-0.15, -0.1) is 0 Å². The van der Waals surface area contributed by atoms with Gasteiger partial charge in [-0.05, 0) is 19.4 Å². The number of alkyl halides is 3. The number of aromatic nitrogens is 1. The number of nitrogens with two attached hydrogens (primary N) is 1. The highest BCUT2D eigenvalue weighted by atomic mass is 19.4. The maximum absolute atomic E-state index is 14.2. The minimum Gasteiger partial charge on any atom is -0.618 e. The summed E-state index contributed by atoms with van der Waals surface area (Å²) in [5, 5.41) is 13.8. The van der Waals surface area contributed by atoms with Crippen LogP contribution in [-0.2, 0) is 9.53 Å². The summed E-state index contributed by atoms with van der Waals surface area (Å²) in [6.07, 6.45) is -6.64. The van der Waals surface area contributed by atoms with Crippen molar-refractivity contribution in [3.05, 3.63) is 58.6 Å². The molecule has 1 saturated heterocycles. The summed E-state index contributed by atoms with van der Waals surface area (Å²) >= 11 is 0. The summed E-state index contributed by atoms with van der Waals surface area (Å²) in [5.74, 6) is -6.94. The number of carbonyl (C=O) groups excluding carboxylic acids is 2. The number of methoxy groups -OCH3 is 1. The van der Waals surface area contributed by atoms with Crippen LogP contribution in [-0.4, -0.2) is 36.8 Å². The van der Waals surface area contributed by atoms with Gasteiger partial charge in [0.1, 0.15) is 6.10 Å². The van der Waals surface area contributed by atoms with E-state index < -0.39 is 65.1 Å². The molecule has 3 atom stereocenters. The minimum atomic E-state index is -4.90. The number of amides is 2. The number of rotatable bonds is 5. The Balaban J connectivity index is 2.02.